The molecule has 0 saturated carbocycles. The number of rotatable bonds is 1. The molecule has 1 heteroatoms. The molecule has 1 nitrogen and oxygen atoms in total. The molecule has 94 valence electrons. The summed E-state index contributed by atoms with van der Waals surface area (Å²) in [5.41, 5.74) is 7.12. The van der Waals surface area contributed by atoms with E-state index in [1.807, 2.05) is 0 Å². The van der Waals surface area contributed by atoms with Crippen LogP contribution in [0.2, 0.25) is 0 Å². The normalized spacial score (nSPS) is 10.9. The molecular weight excluding hydrogens is 230 g/mol. The molecule has 0 radical (unpaired) electrons. The van der Waals surface area contributed by atoms with E-state index in [0.717, 1.165) is 11.2 Å². The van der Waals surface area contributed by atoms with Gasteiger partial charge < -0.3 is 0 Å². The number of pyridine rings is 1. The molecule has 0 N–H and O–H groups in total. The van der Waals surface area contributed by atoms with Gasteiger partial charge in [-0.25, -0.2) is 4.98 Å². The quantitative estimate of drug-likeness (QED) is 0.600. The lowest BCUT2D eigenvalue weighted by Crippen LogP contribution is -1.89. The summed E-state index contributed by atoms with van der Waals surface area (Å²) in [5, 5.41) is 1.24. The summed E-state index contributed by atoms with van der Waals surface area (Å²) in [4.78, 5) is 4.81. The molecule has 0 amide bonds. The van der Waals surface area contributed by atoms with Crippen LogP contribution in [0.5, 0.6) is 0 Å². The van der Waals surface area contributed by atoms with Gasteiger partial charge in [0.25, 0.3) is 0 Å². The Morgan fingerprint density at radius 2 is 1.63 bits per heavy atom. The smallest absolute Gasteiger partial charge is 0.0714 e. The van der Waals surface area contributed by atoms with Crippen molar-refractivity contribution in [2.45, 2.75) is 20.8 Å². The lowest BCUT2D eigenvalue weighted by molar-refractivity contribution is 1.34. The van der Waals surface area contributed by atoms with Crippen LogP contribution in [0.25, 0.3) is 22.2 Å². The van der Waals surface area contributed by atoms with E-state index < -0.39 is 0 Å². The number of aromatic nitrogens is 1. The number of fused-ring (bicyclic) bond motifs is 1. The van der Waals surface area contributed by atoms with Gasteiger partial charge in [-0.05, 0) is 50.1 Å². The first-order chi connectivity index (χ1) is 9.13. The van der Waals surface area contributed by atoms with Gasteiger partial charge in [0.2, 0.25) is 0 Å². The highest BCUT2D eigenvalue weighted by molar-refractivity contribution is 5.85. The van der Waals surface area contributed by atoms with E-state index in [-0.39, 0.29) is 0 Å². The minimum atomic E-state index is 1.04. The zero-order valence-corrected chi connectivity index (χ0v) is 11.6. The van der Waals surface area contributed by atoms with E-state index in [0.29, 0.717) is 0 Å². The molecule has 0 saturated heterocycles. The van der Waals surface area contributed by atoms with Crippen LogP contribution >= 0.6 is 0 Å². The van der Waals surface area contributed by atoms with Gasteiger partial charge in [-0.1, -0.05) is 35.9 Å². The molecule has 0 bridgehead atoms. The molecule has 0 aliphatic heterocycles. The van der Waals surface area contributed by atoms with Crippen molar-refractivity contribution >= 4 is 10.9 Å². The van der Waals surface area contributed by atoms with Gasteiger partial charge in [-0.2, -0.15) is 0 Å². The van der Waals surface area contributed by atoms with Crippen molar-refractivity contribution in [1.82, 2.24) is 4.98 Å². The van der Waals surface area contributed by atoms with Gasteiger partial charge in [0.15, 0.2) is 0 Å². The maximum absolute atomic E-state index is 4.81. The van der Waals surface area contributed by atoms with Crippen LogP contribution in [-0.4, -0.2) is 4.98 Å². The first kappa shape index (κ1) is 11.9. The standard InChI is InChI=1S/C18H17N/c1-12-5-4-6-15(10-12)17-8-7-16-14(3)9-13(2)11-18(16)19-17/h4-11H,1-3H3. The van der Waals surface area contributed by atoms with Crippen LogP contribution in [0.3, 0.4) is 0 Å². The largest absolute Gasteiger partial charge is 0.248 e. The highest BCUT2D eigenvalue weighted by Crippen LogP contribution is 2.24. The molecule has 3 rings (SSSR count). The van der Waals surface area contributed by atoms with Gasteiger partial charge in [-0.3, -0.25) is 0 Å². The number of benzene rings is 2. The van der Waals surface area contributed by atoms with Crippen molar-refractivity contribution in [3.8, 4) is 11.3 Å². The second-order valence-corrected chi connectivity index (χ2v) is 5.21. The van der Waals surface area contributed by atoms with Gasteiger partial charge in [0, 0.05) is 10.9 Å². The van der Waals surface area contributed by atoms with E-state index >= 15 is 0 Å². The van der Waals surface area contributed by atoms with Crippen molar-refractivity contribution < 1.29 is 0 Å². The van der Waals surface area contributed by atoms with Crippen LogP contribution in [0.15, 0.2) is 48.5 Å². The summed E-state index contributed by atoms with van der Waals surface area (Å²) in [7, 11) is 0. The molecule has 0 unspecified atom stereocenters. The molecule has 0 aliphatic carbocycles. The fourth-order valence-electron chi connectivity index (χ4n) is 2.56. The SMILES string of the molecule is Cc1cccc(-c2ccc3c(C)cc(C)cc3n2)c1. The van der Waals surface area contributed by atoms with Gasteiger partial charge in [0.1, 0.15) is 0 Å². The van der Waals surface area contributed by atoms with Gasteiger partial charge in [-0.15, -0.1) is 0 Å². The average molecular weight is 247 g/mol. The number of aryl methyl sites for hydroxylation is 3. The molecular formula is C18H17N. The fourth-order valence-corrected chi connectivity index (χ4v) is 2.56. The third-order valence-corrected chi connectivity index (χ3v) is 3.47. The predicted octanol–water partition coefficient (Wildman–Crippen LogP) is 4.83. The first-order valence-corrected chi connectivity index (χ1v) is 6.58. The van der Waals surface area contributed by atoms with E-state index in [1.165, 1.54) is 27.6 Å². The maximum atomic E-state index is 4.81. The van der Waals surface area contributed by atoms with Crippen molar-refractivity contribution in [2.24, 2.45) is 0 Å². The Hall–Kier alpha value is -2.15. The van der Waals surface area contributed by atoms with Crippen molar-refractivity contribution in [2.75, 3.05) is 0 Å². The van der Waals surface area contributed by atoms with E-state index in [1.54, 1.807) is 0 Å². The lowest BCUT2D eigenvalue weighted by Gasteiger charge is -2.07. The molecule has 1 aromatic heterocycles. The highest BCUT2D eigenvalue weighted by Gasteiger charge is 2.04. The summed E-state index contributed by atoms with van der Waals surface area (Å²) in [6.07, 6.45) is 0. The Morgan fingerprint density at radius 1 is 0.789 bits per heavy atom. The van der Waals surface area contributed by atoms with E-state index in [4.69, 9.17) is 4.98 Å². The van der Waals surface area contributed by atoms with Crippen LogP contribution in [0.4, 0.5) is 0 Å². The van der Waals surface area contributed by atoms with Gasteiger partial charge >= 0.3 is 0 Å². The number of hydrogen-bond acceptors (Lipinski definition) is 1. The molecule has 0 aliphatic rings. The first-order valence-electron chi connectivity index (χ1n) is 6.58. The summed E-state index contributed by atoms with van der Waals surface area (Å²) in [6.45, 7) is 6.37. The highest BCUT2D eigenvalue weighted by atomic mass is 14.7. The Kier molecular flexibility index (Phi) is 2.83. The fraction of sp³-hybridized carbons (Fsp3) is 0.167. The molecule has 0 spiro atoms. The van der Waals surface area contributed by atoms with Gasteiger partial charge in [0.05, 0.1) is 11.2 Å². The summed E-state index contributed by atoms with van der Waals surface area (Å²) >= 11 is 0. The number of hydrogen-bond donors (Lipinski definition) is 0. The average Bonchev–Trinajstić information content (AvgIpc) is 2.37. The third-order valence-electron chi connectivity index (χ3n) is 3.47. The Labute approximate surface area is 113 Å². The molecule has 2 aromatic carbocycles. The lowest BCUT2D eigenvalue weighted by atomic mass is 10.0. The van der Waals surface area contributed by atoms with Crippen LogP contribution in [0.1, 0.15) is 16.7 Å². The van der Waals surface area contributed by atoms with Crippen molar-refractivity contribution in [3.63, 3.8) is 0 Å². The zero-order valence-electron chi connectivity index (χ0n) is 11.6. The van der Waals surface area contributed by atoms with Crippen LogP contribution in [0, 0.1) is 20.8 Å². The number of nitrogens with zero attached hydrogens (tertiary/aromatic N) is 1. The molecule has 0 fully saturated rings. The Bertz CT molecular complexity index is 757. The van der Waals surface area contributed by atoms with Crippen molar-refractivity contribution in [1.29, 1.82) is 0 Å². The Balaban J connectivity index is 2.21. The summed E-state index contributed by atoms with van der Waals surface area (Å²) in [5.74, 6) is 0. The third kappa shape index (κ3) is 2.24. The van der Waals surface area contributed by atoms with E-state index in [2.05, 4.69) is 69.3 Å². The predicted molar refractivity (Wildman–Crippen MR) is 81.4 cm³/mol. The Morgan fingerprint density at radius 3 is 2.42 bits per heavy atom. The molecule has 3 aromatic rings. The zero-order chi connectivity index (χ0) is 13.4. The minimum Gasteiger partial charge on any atom is -0.248 e. The monoisotopic (exact) mass is 247 g/mol. The summed E-state index contributed by atoms with van der Waals surface area (Å²) in [6, 6.07) is 17.1. The second-order valence-electron chi connectivity index (χ2n) is 5.21. The van der Waals surface area contributed by atoms with Crippen LogP contribution in [-0.2, 0) is 0 Å². The van der Waals surface area contributed by atoms with Crippen LogP contribution < -0.4 is 0 Å². The second kappa shape index (κ2) is 4.51. The molecule has 1 heterocycles. The summed E-state index contributed by atoms with van der Waals surface area (Å²) < 4.78 is 0. The minimum absolute atomic E-state index is 1.04. The topological polar surface area (TPSA) is 12.9 Å². The van der Waals surface area contributed by atoms with Crippen molar-refractivity contribution in [3.05, 3.63) is 65.2 Å². The maximum Gasteiger partial charge on any atom is 0.0714 e. The molecule has 0 atom stereocenters. The van der Waals surface area contributed by atoms with E-state index in [9.17, 15) is 0 Å². The molecule has 19 heavy (non-hydrogen) atoms.